The van der Waals surface area contributed by atoms with Crippen molar-refractivity contribution in [1.29, 1.82) is 0 Å². The molecule has 1 amide bonds. The first kappa shape index (κ1) is 23.7. The summed E-state index contributed by atoms with van der Waals surface area (Å²) in [5.74, 6) is 0.271. The molecule has 176 valence electrons. The molecule has 0 aliphatic rings. The van der Waals surface area contributed by atoms with Gasteiger partial charge in [-0.1, -0.05) is 60.7 Å². The molecule has 0 bridgehead atoms. The fraction of sp³-hybridized carbons (Fsp3) is 0.0370. The first-order chi connectivity index (χ1) is 17.0. The van der Waals surface area contributed by atoms with E-state index in [9.17, 15) is 13.2 Å². The van der Waals surface area contributed by atoms with Crippen molar-refractivity contribution in [2.45, 2.75) is 11.5 Å². The van der Waals surface area contributed by atoms with Crippen LogP contribution in [0.25, 0.3) is 0 Å². The molecule has 2 N–H and O–H groups in total. The van der Waals surface area contributed by atoms with Gasteiger partial charge in [-0.2, -0.15) is 5.10 Å². The monoisotopic (exact) mass is 485 g/mol. The summed E-state index contributed by atoms with van der Waals surface area (Å²) in [6.07, 6.45) is 1.52. The number of hydrogen-bond acceptors (Lipinski definition) is 5. The molecule has 8 heteroatoms. The van der Waals surface area contributed by atoms with Gasteiger partial charge in [-0.05, 0) is 59.7 Å². The molecule has 0 heterocycles. The number of ether oxygens (including phenoxy) is 1. The molecule has 0 saturated heterocycles. The number of benzene rings is 4. The molecule has 4 rings (SSSR count). The second-order valence-corrected chi connectivity index (χ2v) is 9.22. The molecule has 35 heavy (non-hydrogen) atoms. The molecule has 7 nitrogen and oxygen atoms in total. The second-order valence-electron chi connectivity index (χ2n) is 7.54. The van der Waals surface area contributed by atoms with Crippen LogP contribution < -0.4 is 14.9 Å². The molecular formula is C27H23N3O4S. The average molecular weight is 486 g/mol. The molecule has 4 aromatic rings. The lowest BCUT2D eigenvalue weighted by Gasteiger charge is -2.08. The Balaban J connectivity index is 1.32. The van der Waals surface area contributed by atoms with Crippen LogP contribution in [0.1, 0.15) is 21.5 Å². The van der Waals surface area contributed by atoms with Gasteiger partial charge in [0.2, 0.25) is 0 Å². The fourth-order valence-electron chi connectivity index (χ4n) is 3.16. The van der Waals surface area contributed by atoms with Crippen LogP contribution in [0.5, 0.6) is 5.75 Å². The quantitative estimate of drug-likeness (QED) is 0.262. The summed E-state index contributed by atoms with van der Waals surface area (Å²) >= 11 is 0. The normalized spacial score (nSPS) is 11.2. The minimum Gasteiger partial charge on any atom is -0.489 e. The predicted octanol–water partition coefficient (Wildman–Crippen LogP) is 4.83. The van der Waals surface area contributed by atoms with Crippen LogP contribution in [-0.4, -0.2) is 20.5 Å². The Morgan fingerprint density at radius 2 is 1.51 bits per heavy atom. The number of carbonyl (C=O) groups excluding carboxylic acids is 1. The number of nitrogens with zero attached hydrogens (tertiary/aromatic N) is 1. The Morgan fingerprint density at radius 3 is 2.23 bits per heavy atom. The van der Waals surface area contributed by atoms with Crippen LogP contribution in [0.4, 0.5) is 5.69 Å². The Labute approximate surface area is 204 Å². The highest BCUT2D eigenvalue weighted by atomic mass is 32.2. The van der Waals surface area contributed by atoms with Crippen LogP contribution in [0.2, 0.25) is 0 Å². The van der Waals surface area contributed by atoms with E-state index in [2.05, 4.69) is 15.2 Å². The predicted molar refractivity (Wildman–Crippen MR) is 136 cm³/mol. The highest BCUT2D eigenvalue weighted by molar-refractivity contribution is 7.92. The van der Waals surface area contributed by atoms with E-state index in [1.165, 1.54) is 42.6 Å². The van der Waals surface area contributed by atoms with Gasteiger partial charge in [-0.3, -0.25) is 9.52 Å². The van der Waals surface area contributed by atoms with Gasteiger partial charge >= 0.3 is 0 Å². The van der Waals surface area contributed by atoms with Crippen LogP contribution in [0.3, 0.4) is 0 Å². The lowest BCUT2D eigenvalue weighted by Crippen LogP contribution is -2.18. The van der Waals surface area contributed by atoms with Gasteiger partial charge in [-0.15, -0.1) is 0 Å². The van der Waals surface area contributed by atoms with Crippen LogP contribution in [0.15, 0.2) is 119 Å². The summed E-state index contributed by atoms with van der Waals surface area (Å²) in [7, 11) is -3.70. The standard InChI is InChI=1S/C27H23N3O4S/c31-27(23-14-16-24(17-15-23)30-35(32,33)26-12-5-2-6-13-26)29-28-19-22-10-7-11-25(18-22)34-20-21-8-3-1-4-9-21/h1-19,30H,20H2,(H,29,31)/b28-19+. The van der Waals surface area contributed by atoms with E-state index in [1.807, 2.05) is 54.6 Å². The summed E-state index contributed by atoms with van der Waals surface area (Å²) < 4.78 is 33.1. The summed E-state index contributed by atoms with van der Waals surface area (Å²) in [6.45, 7) is 0.454. The van der Waals surface area contributed by atoms with Gasteiger partial charge in [0, 0.05) is 11.3 Å². The Morgan fingerprint density at radius 1 is 0.829 bits per heavy atom. The number of sulfonamides is 1. The number of hydrogen-bond donors (Lipinski definition) is 2. The van der Waals surface area contributed by atoms with Gasteiger partial charge < -0.3 is 4.74 Å². The van der Waals surface area contributed by atoms with E-state index in [1.54, 1.807) is 18.2 Å². The van der Waals surface area contributed by atoms with Crippen molar-refractivity contribution in [3.8, 4) is 5.75 Å². The van der Waals surface area contributed by atoms with Crippen LogP contribution in [-0.2, 0) is 16.6 Å². The maximum absolute atomic E-state index is 12.4. The molecule has 0 aromatic heterocycles. The lowest BCUT2D eigenvalue weighted by atomic mass is 10.2. The maximum atomic E-state index is 12.4. The van der Waals surface area contributed by atoms with E-state index in [0.29, 0.717) is 23.6 Å². The SMILES string of the molecule is O=C(N/N=C/c1cccc(OCc2ccccc2)c1)c1ccc(NS(=O)(=O)c2ccccc2)cc1. The van der Waals surface area contributed by atoms with Crippen LogP contribution in [0, 0.1) is 0 Å². The van der Waals surface area contributed by atoms with Crippen molar-refractivity contribution >= 4 is 27.8 Å². The highest BCUT2D eigenvalue weighted by Gasteiger charge is 2.13. The molecule has 0 aliphatic carbocycles. The molecule has 0 radical (unpaired) electrons. The minimum atomic E-state index is -3.70. The van der Waals surface area contributed by atoms with Gasteiger partial charge in [0.1, 0.15) is 12.4 Å². The summed E-state index contributed by atoms with van der Waals surface area (Å²) in [6, 6.07) is 31.4. The van der Waals surface area contributed by atoms with Crippen molar-refractivity contribution in [2.24, 2.45) is 5.10 Å². The zero-order chi connectivity index (χ0) is 24.5. The van der Waals surface area contributed by atoms with Gasteiger partial charge in [0.25, 0.3) is 15.9 Å². The molecule has 0 saturated carbocycles. The van der Waals surface area contributed by atoms with Crippen molar-refractivity contribution in [3.05, 3.63) is 126 Å². The average Bonchev–Trinajstić information content (AvgIpc) is 2.89. The zero-order valence-corrected chi connectivity index (χ0v) is 19.5. The third kappa shape index (κ3) is 6.78. The first-order valence-electron chi connectivity index (χ1n) is 10.8. The van der Waals surface area contributed by atoms with Crippen LogP contribution >= 0.6 is 0 Å². The van der Waals surface area contributed by atoms with E-state index in [-0.39, 0.29) is 4.90 Å². The van der Waals surface area contributed by atoms with Crippen molar-refractivity contribution in [2.75, 3.05) is 4.72 Å². The second kappa shape index (κ2) is 11.1. The molecule has 4 aromatic carbocycles. The number of nitrogens with one attached hydrogen (secondary N) is 2. The number of anilines is 1. The van der Waals surface area contributed by atoms with Crippen molar-refractivity contribution in [3.63, 3.8) is 0 Å². The Hall–Kier alpha value is -4.43. The van der Waals surface area contributed by atoms with E-state index in [0.717, 1.165) is 11.1 Å². The molecule has 0 aliphatic heterocycles. The number of carbonyl (C=O) groups is 1. The fourth-order valence-corrected chi connectivity index (χ4v) is 4.24. The van der Waals surface area contributed by atoms with Gasteiger partial charge in [0.15, 0.2) is 0 Å². The lowest BCUT2D eigenvalue weighted by molar-refractivity contribution is 0.0955. The van der Waals surface area contributed by atoms with Gasteiger partial charge in [0.05, 0.1) is 11.1 Å². The number of rotatable bonds is 9. The third-order valence-corrected chi connectivity index (χ3v) is 6.34. The number of amides is 1. The molecule has 0 fully saturated rings. The summed E-state index contributed by atoms with van der Waals surface area (Å²) in [4.78, 5) is 12.5. The Bertz CT molecular complexity index is 1410. The third-order valence-electron chi connectivity index (χ3n) is 4.94. The van der Waals surface area contributed by atoms with Crippen molar-refractivity contribution < 1.29 is 17.9 Å². The highest BCUT2D eigenvalue weighted by Crippen LogP contribution is 2.17. The van der Waals surface area contributed by atoms with Crippen molar-refractivity contribution in [1.82, 2.24) is 5.43 Å². The molecule has 0 spiro atoms. The summed E-state index contributed by atoms with van der Waals surface area (Å²) in [5.41, 5.74) is 4.99. The largest absolute Gasteiger partial charge is 0.489 e. The summed E-state index contributed by atoms with van der Waals surface area (Å²) in [5, 5.41) is 4.01. The number of hydrazone groups is 1. The first-order valence-corrected chi connectivity index (χ1v) is 12.3. The van der Waals surface area contributed by atoms with E-state index < -0.39 is 15.9 Å². The molecule has 0 atom stereocenters. The maximum Gasteiger partial charge on any atom is 0.271 e. The topological polar surface area (TPSA) is 96.9 Å². The zero-order valence-electron chi connectivity index (χ0n) is 18.7. The minimum absolute atomic E-state index is 0.158. The Kier molecular flexibility index (Phi) is 7.54. The molecule has 0 unspecified atom stereocenters. The van der Waals surface area contributed by atoms with E-state index in [4.69, 9.17) is 4.74 Å². The van der Waals surface area contributed by atoms with E-state index >= 15 is 0 Å². The smallest absolute Gasteiger partial charge is 0.271 e. The van der Waals surface area contributed by atoms with Gasteiger partial charge in [-0.25, -0.2) is 13.8 Å². The molecular weight excluding hydrogens is 462 g/mol.